The molecule has 0 spiro atoms. The van der Waals surface area contributed by atoms with E-state index in [0.717, 1.165) is 11.1 Å². The van der Waals surface area contributed by atoms with Crippen LogP contribution in [0, 0.1) is 5.41 Å². The smallest absolute Gasteiger partial charge is 0.269 e. The minimum Gasteiger partial charge on any atom is -0.269 e. The first-order valence-corrected chi connectivity index (χ1v) is 8.00. The zero-order valence-electron chi connectivity index (χ0n) is 14.2. The average Bonchev–Trinajstić information content (AvgIpc) is 2.92. The first-order chi connectivity index (χ1) is 11.4. The molecular formula is C20H21N3O. The molecule has 0 saturated heterocycles. The maximum absolute atomic E-state index is 13.2. The summed E-state index contributed by atoms with van der Waals surface area (Å²) in [5.74, 6) is -0.166. The molecule has 1 aliphatic rings. The second-order valence-electron chi connectivity index (χ2n) is 6.96. The summed E-state index contributed by atoms with van der Waals surface area (Å²) >= 11 is 0. The lowest BCUT2D eigenvalue weighted by molar-refractivity contribution is -0.130. The Morgan fingerprint density at radius 1 is 0.917 bits per heavy atom. The Kier molecular flexibility index (Phi) is 4.06. The summed E-state index contributed by atoms with van der Waals surface area (Å²) in [5.41, 5.74) is 0.471. The summed E-state index contributed by atoms with van der Waals surface area (Å²) in [6.45, 7) is 6.22. The van der Waals surface area contributed by atoms with Gasteiger partial charge in [-0.2, -0.15) is 5.01 Å². The van der Waals surface area contributed by atoms with Crippen LogP contribution in [0.1, 0.15) is 31.9 Å². The van der Waals surface area contributed by atoms with Crippen LogP contribution in [-0.2, 0) is 10.3 Å². The summed E-state index contributed by atoms with van der Waals surface area (Å²) in [4.78, 5) is 13.2. The first kappa shape index (κ1) is 16.1. The maximum Gasteiger partial charge on any atom is 0.287 e. The van der Waals surface area contributed by atoms with Gasteiger partial charge < -0.3 is 0 Å². The van der Waals surface area contributed by atoms with Crippen LogP contribution in [0.15, 0.2) is 83.3 Å². The number of amides is 1. The predicted molar refractivity (Wildman–Crippen MR) is 94.0 cm³/mol. The molecule has 122 valence electrons. The monoisotopic (exact) mass is 319 g/mol. The Bertz CT molecular complexity index is 734. The fraction of sp³-hybridized carbons (Fsp3) is 0.250. The molecule has 4 nitrogen and oxygen atoms in total. The molecule has 1 aliphatic heterocycles. The first-order valence-electron chi connectivity index (χ1n) is 8.00. The Morgan fingerprint density at radius 2 is 1.42 bits per heavy atom. The van der Waals surface area contributed by atoms with Crippen LogP contribution in [-0.4, -0.2) is 10.9 Å². The summed E-state index contributed by atoms with van der Waals surface area (Å²) in [7, 11) is 0. The molecule has 0 bridgehead atoms. The molecule has 0 unspecified atom stereocenters. The number of carbonyl (C=O) groups is 1. The lowest BCUT2D eigenvalue weighted by Crippen LogP contribution is -2.37. The molecule has 1 heterocycles. The van der Waals surface area contributed by atoms with Crippen LogP contribution in [0.3, 0.4) is 0 Å². The van der Waals surface area contributed by atoms with Crippen molar-refractivity contribution in [2.75, 3.05) is 0 Å². The predicted octanol–water partition coefficient (Wildman–Crippen LogP) is 4.70. The minimum absolute atomic E-state index is 0.0411. The zero-order valence-corrected chi connectivity index (χ0v) is 14.2. The van der Waals surface area contributed by atoms with Gasteiger partial charge in [-0.05, 0) is 16.5 Å². The van der Waals surface area contributed by atoms with Gasteiger partial charge >= 0.3 is 0 Å². The van der Waals surface area contributed by atoms with Gasteiger partial charge in [0.2, 0.25) is 5.54 Å². The highest BCUT2D eigenvalue weighted by Gasteiger charge is 2.49. The third kappa shape index (κ3) is 2.87. The standard InChI is InChI=1S/C20H21N3O/c1-19(2,3)14-15-23-18(24)20(21-22-23,16-10-6-4-7-11-16)17-12-8-5-9-13-17/h4-15H,1-3H3/b15-14+. The van der Waals surface area contributed by atoms with Crippen LogP contribution in [0.4, 0.5) is 0 Å². The topological polar surface area (TPSA) is 45.0 Å². The highest BCUT2D eigenvalue weighted by Crippen LogP contribution is 2.40. The van der Waals surface area contributed by atoms with Gasteiger partial charge in [0, 0.05) is 6.20 Å². The van der Waals surface area contributed by atoms with Gasteiger partial charge in [-0.15, -0.1) is 5.11 Å². The van der Waals surface area contributed by atoms with E-state index in [-0.39, 0.29) is 11.3 Å². The van der Waals surface area contributed by atoms with E-state index in [1.165, 1.54) is 5.01 Å². The molecule has 0 aliphatic carbocycles. The van der Waals surface area contributed by atoms with E-state index < -0.39 is 5.54 Å². The van der Waals surface area contributed by atoms with Crippen LogP contribution < -0.4 is 0 Å². The van der Waals surface area contributed by atoms with Gasteiger partial charge in [0.05, 0.1) is 0 Å². The van der Waals surface area contributed by atoms with E-state index in [1.54, 1.807) is 6.20 Å². The van der Waals surface area contributed by atoms with Crippen molar-refractivity contribution in [1.82, 2.24) is 5.01 Å². The van der Waals surface area contributed by atoms with Crippen molar-refractivity contribution in [1.29, 1.82) is 0 Å². The summed E-state index contributed by atoms with van der Waals surface area (Å²) in [6, 6.07) is 19.2. The maximum atomic E-state index is 13.2. The Morgan fingerprint density at radius 3 is 1.88 bits per heavy atom. The molecule has 0 fully saturated rings. The molecule has 24 heavy (non-hydrogen) atoms. The molecular weight excluding hydrogens is 298 g/mol. The quantitative estimate of drug-likeness (QED) is 0.808. The Balaban J connectivity index is 2.08. The number of benzene rings is 2. The van der Waals surface area contributed by atoms with Crippen molar-refractivity contribution in [3.63, 3.8) is 0 Å². The van der Waals surface area contributed by atoms with E-state index >= 15 is 0 Å². The fourth-order valence-corrected chi connectivity index (χ4v) is 2.64. The molecule has 0 atom stereocenters. The van der Waals surface area contributed by atoms with Crippen molar-refractivity contribution in [3.8, 4) is 0 Å². The van der Waals surface area contributed by atoms with Gasteiger partial charge in [0.1, 0.15) is 0 Å². The van der Waals surface area contributed by atoms with Crippen LogP contribution in [0.25, 0.3) is 0 Å². The Labute approximate surface area is 142 Å². The number of hydrogen-bond acceptors (Lipinski definition) is 3. The molecule has 2 aromatic carbocycles. The number of rotatable bonds is 3. The number of carbonyl (C=O) groups excluding carboxylic acids is 1. The van der Waals surface area contributed by atoms with E-state index in [9.17, 15) is 4.79 Å². The summed E-state index contributed by atoms with van der Waals surface area (Å²) < 4.78 is 0. The second kappa shape index (κ2) is 6.04. The molecule has 0 saturated carbocycles. The highest BCUT2D eigenvalue weighted by molar-refractivity contribution is 5.93. The van der Waals surface area contributed by atoms with Gasteiger partial charge in [-0.1, -0.05) is 92.7 Å². The molecule has 3 rings (SSSR count). The molecule has 0 radical (unpaired) electrons. The fourth-order valence-electron chi connectivity index (χ4n) is 2.64. The molecule has 4 heteroatoms. The van der Waals surface area contributed by atoms with Gasteiger partial charge in [0.25, 0.3) is 5.91 Å². The minimum atomic E-state index is -1.12. The zero-order chi connectivity index (χ0) is 17.2. The lowest BCUT2D eigenvalue weighted by Gasteiger charge is -2.24. The van der Waals surface area contributed by atoms with Crippen molar-refractivity contribution < 1.29 is 4.79 Å². The van der Waals surface area contributed by atoms with Gasteiger partial charge in [0.15, 0.2) is 0 Å². The number of nitrogens with zero attached hydrogens (tertiary/aromatic N) is 3. The van der Waals surface area contributed by atoms with Crippen LogP contribution >= 0.6 is 0 Å². The summed E-state index contributed by atoms with van der Waals surface area (Å²) in [5, 5.41) is 9.91. The SMILES string of the molecule is CC(C)(C)/C=C/N1N=NC(c2ccccc2)(c2ccccc2)C1=O. The van der Waals surface area contributed by atoms with Crippen LogP contribution in [0.2, 0.25) is 0 Å². The number of hydrogen-bond donors (Lipinski definition) is 0. The largest absolute Gasteiger partial charge is 0.287 e. The van der Waals surface area contributed by atoms with E-state index in [2.05, 4.69) is 31.1 Å². The third-order valence-electron chi connectivity index (χ3n) is 3.91. The lowest BCUT2D eigenvalue weighted by atomic mass is 9.83. The molecule has 2 aromatic rings. The van der Waals surface area contributed by atoms with E-state index in [4.69, 9.17) is 0 Å². The van der Waals surface area contributed by atoms with E-state index in [0.29, 0.717) is 0 Å². The van der Waals surface area contributed by atoms with Gasteiger partial charge in [-0.3, -0.25) is 4.79 Å². The molecule has 1 amide bonds. The van der Waals surface area contributed by atoms with Crippen molar-refractivity contribution in [3.05, 3.63) is 84.1 Å². The van der Waals surface area contributed by atoms with Crippen molar-refractivity contribution >= 4 is 5.91 Å². The van der Waals surface area contributed by atoms with Crippen LogP contribution in [0.5, 0.6) is 0 Å². The summed E-state index contributed by atoms with van der Waals surface area (Å²) in [6.07, 6.45) is 3.66. The normalized spacial score (nSPS) is 17.0. The van der Waals surface area contributed by atoms with Crippen molar-refractivity contribution in [2.24, 2.45) is 15.8 Å². The third-order valence-corrected chi connectivity index (χ3v) is 3.91. The Hall–Kier alpha value is -2.75. The van der Waals surface area contributed by atoms with Gasteiger partial charge in [-0.25, -0.2) is 0 Å². The number of allylic oxidation sites excluding steroid dienone is 1. The second-order valence-corrected chi connectivity index (χ2v) is 6.96. The average molecular weight is 319 g/mol. The van der Waals surface area contributed by atoms with Crippen molar-refractivity contribution in [2.45, 2.75) is 26.3 Å². The molecule has 0 aromatic heterocycles. The highest BCUT2D eigenvalue weighted by atomic mass is 16.2. The molecule has 0 N–H and O–H groups in total. The van der Waals surface area contributed by atoms with E-state index in [1.807, 2.05) is 66.7 Å².